The minimum atomic E-state index is -0.203. The Kier molecular flexibility index (Phi) is 7.18. The van der Waals surface area contributed by atoms with E-state index in [1.165, 1.54) is 11.8 Å². The molecular formula is C23H29N5O3S2. The molecule has 2 fully saturated rings. The van der Waals surface area contributed by atoms with Crippen molar-refractivity contribution in [1.29, 1.82) is 0 Å². The standard InChI is InChI=1S/C23H29N5O3S2/c1-4-16(3)28-22(31)18(33-23(28)32)13-17-20(26-9-7-25(8-10-26)11-12-29)24-19-6-5-15(2)14-27(19)21(17)30/h5-6,13-14,16,29H,4,7-12H2,1-3H3/b18-13+/t16-/m0/s1. The third-order valence-corrected chi connectivity index (χ3v) is 7.53. The normalized spacial score (nSPS) is 19.8. The van der Waals surface area contributed by atoms with Crippen molar-refractivity contribution in [3.63, 3.8) is 0 Å². The molecule has 10 heteroatoms. The van der Waals surface area contributed by atoms with E-state index in [0.29, 0.717) is 45.9 Å². The van der Waals surface area contributed by atoms with E-state index in [2.05, 4.69) is 9.80 Å². The molecule has 0 bridgehead atoms. The Balaban J connectivity index is 1.79. The summed E-state index contributed by atoms with van der Waals surface area (Å²) in [5, 5.41) is 9.24. The quantitative estimate of drug-likeness (QED) is 0.490. The molecule has 1 N–H and O–H groups in total. The summed E-state index contributed by atoms with van der Waals surface area (Å²) in [6.07, 6.45) is 4.24. The maximum Gasteiger partial charge on any atom is 0.267 e. The van der Waals surface area contributed by atoms with Crippen molar-refractivity contribution in [2.24, 2.45) is 0 Å². The number of β-amino-alcohol motifs (C(OH)–C–C–N with tert-alkyl or cyclic N) is 1. The lowest BCUT2D eigenvalue weighted by Crippen LogP contribution is -2.48. The number of anilines is 1. The van der Waals surface area contributed by atoms with Gasteiger partial charge < -0.3 is 10.0 Å². The number of fused-ring (bicyclic) bond motifs is 1. The van der Waals surface area contributed by atoms with Crippen LogP contribution in [0.4, 0.5) is 5.82 Å². The smallest absolute Gasteiger partial charge is 0.267 e. The van der Waals surface area contributed by atoms with Gasteiger partial charge in [-0.25, -0.2) is 4.98 Å². The number of amides is 1. The number of hydrogen-bond acceptors (Lipinski definition) is 8. The first-order valence-electron chi connectivity index (χ1n) is 11.2. The molecule has 0 radical (unpaired) electrons. The fourth-order valence-corrected chi connectivity index (χ4v) is 5.56. The Morgan fingerprint density at radius 1 is 1.24 bits per heavy atom. The summed E-state index contributed by atoms with van der Waals surface area (Å²) in [5.74, 6) is 0.424. The highest BCUT2D eigenvalue weighted by Crippen LogP contribution is 2.35. The lowest BCUT2D eigenvalue weighted by molar-refractivity contribution is -0.123. The van der Waals surface area contributed by atoms with Gasteiger partial charge in [0.1, 0.15) is 15.8 Å². The average Bonchev–Trinajstić information content (AvgIpc) is 3.09. The molecule has 33 heavy (non-hydrogen) atoms. The van der Waals surface area contributed by atoms with E-state index >= 15 is 0 Å². The van der Waals surface area contributed by atoms with Crippen LogP contribution in [0.1, 0.15) is 31.4 Å². The van der Waals surface area contributed by atoms with E-state index in [0.717, 1.165) is 25.1 Å². The number of aliphatic hydroxyl groups is 1. The zero-order valence-electron chi connectivity index (χ0n) is 19.2. The molecule has 1 amide bonds. The van der Waals surface area contributed by atoms with Gasteiger partial charge in [-0.3, -0.25) is 23.8 Å². The molecule has 2 aliphatic rings. The van der Waals surface area contributed by atoms with Gasteiger partial charge in [-0.2, -0.15) is 0 Å². The Hall–Kier alpha value is -2.27. The van der Waals surface area contributed by atoms with Crippen LogP contribution >= 0.6 is 24.0 Å². The van der Waals surface area contributed by atoms with Crippen LogP contribution in [0.25, 0.3) is 11.7 Å². The van der Waals surface area contributed by atoms with Crippen molar-refractivity contribution >= 4 is 51.7 Å². The first-order chi connectivity index (χ1) is 15.8. The van der Waals surface area contributed by atoms with Crippen LogP contribution in [-0.4, -0.2) is 79.9 Å². The minimum Gasteiger partial charge on any atom is -0.395 e. The van der Waals surface area contributed by atoms with E-state index in [9.17, 15) is 14.7 Å². The maximum atomic E-state index is 13.6. The average molecular weight is 488 g/mol. The van der Waals surface area contributed by atoms with Crippen molar-refractivity contribution in [1.82, 2.24) is 19.2 Å². The summed E-state index contributed by atoms with van der Waals surface area (Å²) < 4.78 is 2.06. The summed E-state index contributed by atoms with van der Waals surface area (Å²) in [4.78, 5) is 37.9. The zero-order chi connectivity index (χ0) is 23.7. The number of carbonyl (C=O) groups excluding carboxylic acids is 1. The third-order valence-electron chi connectivity index (χ3n) is 6.20. The first kappa shape index (κ1) is 23.9. The van der Waals surface area contributed by atoms with Crippen molar-refractivity contribution in [3.8, 4) is 0 Å². The minimum absolute atomic E-state index is 0.000878. The van der Waals surface area contributed by atoms with Gasteiger partial charge in [0, 0.05) is 45.0 Å². The number of piperazine rings is 1. The molecule has 2 aliphatic heterocycles. The molecule has 0 saturated carbocycles. The highest BCUT2D eigenvalue weighted by molar-refractivity contribution is 8.26. The van der Waals surface area contributed by atoms with Crippen LogP contribution in [0.5, 0.6) is 0 Å². The van der Waals surface area contributed by atoms with Crippen LogP contribution in [-0.2, 0) is 4.79 Å². The number of carbonyl (C=O) groups is 1. The fourth-order valence-electron chi connectivity index (χ4n) is 4.11. The van der Waals surface area contributed by atoms with Crippen LogP contribution < -0.4 is 10.5 Å². The number of thiocarbonyl (C=S) groups is 1. The van der Waals surface area contributed by atoms with Gasteiger partial charge in [-0.05, 0) is 38.0 Å². The maximum absolute atomic E-state index is 13.6. The zero-order valence-corrected chi connectivity index (χ0v) is 20.8. The van der Waals surface area contributed by atoms with Crippen molar-refractivity contribution in [2.75, 3.05) is 44.2 Å². The number of hydrogen-bond donors (Lipinski definition) is 1. The lowest BCUT2D eigenvalue weighted by Gasteiger charge is -2.35. The molecule has 0 unspecified atom stereocenters. The second kappa shape index (κ2) is 9.92. The number of aromatic nitrogens is 2. The number of rotatable bonds is 6. The molecule has 4 rings (SSSR count). The molecule has 0 aromatic carbocycles. The van der Waals surface area contributed by atoms with E-state index in [4.69, 9.17) is 17.2 Å². The van der Waals surface area contributed by atoms with Crippen molar-refractivity contribution < 1.29 is 9.90 Å². The number of nitrogens with zero attached hydrogens (tertiary/aromatic N) is 5. The largest absolute Gasteiger partial charge is 0.395 e. The van der Waals surface area contributed by atoms with Crippen LogP contribution in [0, 0.1) is 6.92 Å². The summed E-state index contributed by atoms with van der Waals surface area (Å²) >= 11 is 6.71. The monoisotopic (exact) mass is 487 g/mol. The van der Waals surface area contributed by atoms with Gasteiger partial charge in [0.2, 0.25) is 0 Å². The van der Waals surface area contributed by atoms with E-state index in [-0.39, 0.29) is 24.1 Å². The van der Waals surface area contributed by atoms with Crippen LogP contribution in [0.2, 0.25) is 0 Å². The summed E-state index contributed by atoms with van der Waals surface area (Å²) in [6, 6.07) is 3.77. The van der Waals surface area contributed by atoms with Gasteiger partial charge >= 0.3 is 0 Å². The van der Waals surface area contributed by atoms with Crippen molar-refractivity contribution in [3.05, 3.63) is 44.7 Å². The highest BCUT2D eigenvalue weighted by atomic mass is 32.2. The summed E-state index contributed by atoms with van der Waals surface area (Å²) in [7, 11) is 0. The number of pyridine rings is 1. The van der Waals surface area contributed by atoms with E-state index in [1.807, 2.05) is 32.9 Å². The molecule has 4 heterocycles. The van der Waals surface area contributed by atoms with Gasteiger partial charge in [0.05, 0.1) is 17.1 Å². The van der Waals surface area contributed by atoms with Gasteiger partial charge in [-0.1, -0.05) is 37.0 Å². The lowest BCUT2D eigenvalue weighted by atomic mass is 10.2. The predicted octanol–water partition coefficient (Wildman–Crippen LogP) is 2.12. The topological polar surface area (TPSA) is 81.4 Å². The second-order valence-electron chi connectivity index (χ2n) is 8.45. The first-order valence-corrected chi connectivity index (χ1v) is 12.4. The molecule has 0 spiro atoms. The van der Waals surface area contributed by atoms with Crippen molar-refractivity contribution in [2.45, 2.75) is 33.2 Å². The molecule has 1 atom stereocenters. The Labute approximate surface area is 202 Å². The third kappa shape index (κ3) is 4.70. The van der Waals surface area contributed by atoms with Gasteiger partial charge in [0.15, 0.2) is 0 Å². The molecule has 2 aromatic rings. The Morgan fingerprint density at radius 3 is 2.64 bits per heavy atom. The molecule has 2 saturated heterocycles. The number of aryl methyl sites for hydroxylation is 1. The van der Waals surface area contributed by atoms with Crippen LogP contribution in [0.15, 0.2) is 28.0 Å². The molecule has 176 valence electrons. The number of thioether (sulfide) groups is 1. The van der Waals surface area contributed by atoms with E-state index < -0.39 is 0 Å². The second-order valence-corrected chi connectivity index (χ2v) is 10.1. The SMILES string of the molecule is CC[C@H](C)N1C(=O)/C(=C\c2c(N3CCN(CCO)CC3)nc3ccc(C)cn3c2=O)SC1=S. The van der Waals surface area contributed by atoms with Crippen LogP contribution in [0.3, 0.4) is 0 Å². The van der Waals surface area contributed by atoms with Gasteiger partial charge in [0.25, 0.3) is 11.5 Å². The predicted molar refractivity (Wildman–Crippen MR) is 137 cm³/mol. The highest BCUT2D eigenvalue weighted by Gasteiger charge is 2.35. The Morgan fingerprint density at radius 2 is 1.97 bits per heavy atom. The summed E-state index contributed by atoms with van der Waals surface area (Å²) in [6.45, 7) is 9.58. The fraction of sp³-hybridized carbons (Fsp3) is 0.478. The molecule has 8 nitrogen and oxygen atoms in total. The Bertz CT molecular complexity index is 1170. The molecule has 0 aliphatic carbocycles. The van der Waals surface area contributed by atoms with Gasteiger partial charge in [-0.15, -0.1) is 0 Å². The van der Waals surface area contributed by atoms with E-state index in [1.54, 1.807) is 21.6 Å². The molecule has 2 aromatic heterocycles. The number of aliphatic hydroxyl groups excluding tert-OH is 1. The summed E-state index contributed by atoms with van der Waals surface area (Å²) in [5.41, 5.74) is 1.72. The molecular weight excluding hydrogens is 458 g/mol.